The molecule has 1 aliphatic rings. The van der Waals surface area contributed by atoms with Crippen LogP contribution in [-0.4, -0.2) is 31.3 Å². The van der Waals surface area contributed by atoms with E-state index in [-0.39, 0.29) is 23.1 Å². The van der Waals surface area contributed by atoms with E-state index in [1.165, 1.54) is 12.1 Å². The summed E-state index contributed by atoms with van der Waals surface area (Å²) in [6.45, 7) is 7.59. The predicted octanol–water partition coefficient (Wildman–Crippen LogP) is 2.64. The number of ether oxygens (including phenoxy) is 2. The molecule has 7 heteroatoms. The molecule has 5 nitrogen and oxygen atoms in total. The molecule has 1 aromatic rings. The summed E-state index contributed by atoms with van der Waals surface area (Å²) in [7, 11) is 0. The molecular weight excluding hydrogens is 306 g/mol. The fourth-order valence-corrected chi connectivity index (χ4v) is 1.87. The van der Waals surface area contributed by atoms with Crippen LogP contribution in [0, 0.1) is 11.6 Å². The first-order chi connectivity index (χ1) is 10.7. The van der Waals surface area contributed by atoms with Gasteiger partial charge in [0.25, 0.3) is 6.47 Å². The number of piperidine rings is 1. The maximum Gasteiger partial charge on any atom is 0.293 e. The summed E-state index contributed by atoms with van der Waals surface area (Å²) in [4.78, 5) is 9.60. The van der Waals surface area contributed by atoms with Crippen molar-refractivity contribution in [2.75, 3.05) is 18.8 Å². The van der Waals surface area contributed by atoms with Crippen molar-refractivity contribution in [1.82, 2.24) is 5.32 Å². The van der Waals surface area contributed by atoms with Gasteiger partial charge in [0.1, 0.15) is 11.7 Å². The second-order valence-corrected chi connectivity index (χ2v) is 6.17. The number of halogens is 2. The highest BCUT2D eigenvalue weighted by molar-refractivity contribution is 5.44. The van der Waals surface area contributed by atoms with Crippen LogP contribution in [0.5, 0.6) is 5.75 Å². The quantitative estimate of drug-likeness (QED) is 0.658. The van der Waals surface area contributed by atoms with Crippen molar-refractivity contribution < 1.29 is 23.0 Å². The molecule has 1 aliphatic heterocycles. The zero-order valence-corrected chi connectivity index (χ0v) is 13.7. The Kier molecular flexibility index (Phi) is 7.22. The third kappa shape index (κ3) is 6.81. The third-order valence-corrected chi connectivity index (χ3v) is 3.06. The minimum Gasteiger partial charge on any atom is -0.487 e. The Labute approximate surface area is 135 Å². The molecular formula is C16H24F2N2O3. The molecule has 130 valence electrons. The van der Waals surface area contributed by atoms with E-state index >= 15 is 0 Å². The van der Waals surface area contributed by atoms with Gasteiger partial charge in [-0.2, -0.15) is 4.39 Å². The fraction of sp³-hybridized carbons (Fsp3) is 0.562. The van der Waals surface area contributed by atoms with Crippen molar-refractivity contribution in [2.24, 2.45) is 0 Å². The number of benzene rings is 1. The molecule has 1 fully saturated rings. The Hall–Kier alpha value is -1.89. The zero-order chi connectivity index (χ0) is 17.5. The molecule has 0 amide bonds. The SMILES string of the molecule is CC(C)(C)OC=O.Nc1ccc(OC2CCNCC2)c(F)c1F. The number of hydrogen-bond donors (Lipinski definition) is 2. The van der Waals surface area contributed by atoms with Crippen LogP contribution in [0.15, 0.2) is 12.1 Å². The summed E-state index contributed by atoms with van der Waals surface area (Å²) < 4.78 is 36.5. The van der Waals surface area contributed by atoms with Gasteiger partial charge in [0.15, 0.2) is 11.6 Å². The van der Waals surface area contributed by atoms with E-state index in [2.05, 4.69) is 10.1 Å². The lowest BCUT2D eigenvalue weighted by molar-refractivity contribution is -0.138. The molecule has 0 atom stereocenters. The molecule has 0 spiro atoms. The maximum absolute atomic E-state index is 13.4. The van der Waals surface area contributed by atoms with E-state index in [0.717, 1.165) is 25.9 Å². The molecule has 2 rings (SSSR count). The predicted molar refractivity (Wildman–Crippen MR) is 84.2 cm³/mol. The Balaban J connectivity index is 0.000000322. The molecule has 0 radical (unpaired) electrons. The first-order valence-electron chi connectivity index (χ1n) is 7.47. The number of anilines is 1. The lowest BCUT2D eigenvalue weighted by atomic mass is 10.1. The molecule has 23 heavy (non-hydrogen) atoms. The maximum atomic E-state index is 13.4. The van der Waals surface area contributed by atoms with Crippen LogP contribution in [0.4, 0.5) is 14.5 Å². The van der Waals surface area contributed by atoms with Gasteiger partial charge in [0.05, 0.1) is 5.69 Å². The Morgan fingerprint density at radius 3 is 2.30 bits per heavy atom. The summed E-state index contributed by atoms with van der Waals surface area (Å²) in [5, 5.41) is 3.17. The van der Waals surface area contributed by atoms with Crippen molar-refractivity contribution in [1.29, 1.82) is 0 Å². The smallest absolute Gasteiger partial charge is 0.293 e. The molecule has 0 aliphatic carbocycles. The molecule has 0 bridgehead atoms. The van der Waals surface area contributed by atoms with Crippen LogP contribution in [0.1, 0.15) is 33.6 Å². The van der Waals surface area contributed by atoms with Crippen molar-refractivity contribution in [2.45, 2.75) is 45.3 Å². The van der Waals surface area contributed by atoms with Crippen molar-refractivity contribution in [3.63, 3.8) is 0 Å². The van der Waals surface area contributed by atoms with E-state index in [1.54, 1.807) is 0 Å². The van der Waals surface area contributed by atoms with E-state index in [4.69, 9.17) is 10.5 Å². The van der Waals surface area contributed by atoms with Gasteiger partial charge < -0.3 is 20.5 Å². The molecule has 0 saturated carbocycles. The van der Waals surface area contributed by atoms with E-state index in [1.807, 2.05) is 20.8 Å². The summed E-state index contributed by atoms with van der Waals surface area (Å²) >= 11 is 0. The second kappa shape index (κ2) is 8.67. The van der Waals surface area contributed by atoms with E-state index < -0.39 is 11.6 Å². The highest BCUT2D eigenvalue weighted by Crippen LogP contribution is 2.26. The van der Waals surface area contributed by atoms with Crippen LogP contribution >= 0.6 is 0 Å². The number of nitrogens with two attached hydrogens (primary N) is 1. The normalized spacial score (nSPS) is 15.3. The summed E-state index contributed by atoms with van der Waals surface area (Å²) in [6, 6.07) is 2.69. The van der Waals surface area contributed by atoms with Crippen molar-refractivity contribution in [3.05, 3.63) is 23.8 Å². The topological polar surface area (TPSA) is 73.6 Å². The largest absolute Gasteiger partial charge is 0.487 e. The Bertz CT molecular complexity index is 513. The van der Waals surface area contributed by atoms with Crippen molar-refractivity contribution in [3.8, 4) is 5.75 Å². The minimum atomic E-state index is -1.04. The number of carbonyl (C=O) groups excluding carboxylic acids is 1. The Morgan fingerprint density at radius 1 is 1.22 bits per heavy atom. The minimum absolute atomic E-state index is 0.0567. The standard InChI is InChI=1S/C11H14F2N2O.C5H10O2/c12-10-8(14)1-2-9(11(10)13)16-7-3-5-15-6-4-7;1-5(2,3)7-4-6/h1-2,7,15H,3-6,14H2;4H,1-3H3. The van der Waals surface area contributed by atoms with Crippen LogP contribution < -0.4 is 15.8 Å². The van der Waals surface area contributed by atoms with Crippen LogP contribution in [0.3, 0.4) is 0 Å². The van der Waals surface area contributed by atoms with Crippen LogP contribution in [0.2, 0.25) is 0 Å². The van der Waals surface area contributed by atoms with Gasteiger partial charge in [-0.3, -0.25) is 4.79 Å². The highest BCUT2D eigenvalue weighted by atomic mass is 19.2. The lowest BCUT2D eigenvalue weighted by Gasteiger charge is -2.24. The fourth-order valence-electron chi connectivity index (χ4n) is 1.87. The lowest BCUT2D eigenvalue weighted by Crippen LogP contribution is -2.34. The van der Waals surface area contributed by atoms with Gasteiger partial charge in [-0.1, -0.05) is 0 Å². The first-order valence-corrected chi connectivity index (χ1v) is 7.47. The van der Waals surface area contributed by atoms with Crippen molar-refractivity contribution >= 4 is 12.2 Å². The van der Waals surface area contributed by atoms with Gasteiger partial charge in [-0.25, -0.2) is 4.39 Å². The average molecular weight is 330 g/mol. The number of carbonyl (C=O) groups is 1. The number of rotatable bonds is 3. The van der Waals surface area contributed by atoms with Gasteiger partial charge in [-0.05, 0) is 58.8 Å². The third-order valence-electron chi connectivity index (χ3n) is 3.06. The average Bonchev–Trinajstić information content (AvgIpc) is 2.48. The molecule has 0 unspecified atom stereocenters. The van der Waals surface area contributed by atoms with Gasteiger partial charge >= 0.3 is 0 Å². The molecule has 1 aromatic carbocycles. The van der Waals surface area contributed by atoms with E-state index in [9.17, 15) is 13.6 Å². The van der Waals surface area contributed by atoms with Gasteiger partial charge in [-0.15, -0.1) is 0 Å². The molecule has 1 heterocycles. The summed E-state index contributed by atoms with van der Waals surface area (Å²) in [5.41, 5.74) is 4.73. The first kappa shape index (κ1) is 19.2. The van der Waals surface area contributed by atoms with E-state index in [0.29, 0.717) is 6.47 Å². The monoisotopic (exact) mass is 330 g/mol. The number of nitrogen functional groups attached to an aromatic ring is 1. The number of hydrogen-bond acceptors (Lipinski definition) is 5. The molecule has 1 saturated heterocycles. The molecule has 3 N–H and O–H groups in total. The zero-order valence-electron chi connectivity index (χ0n) is 13.7. The summed E-state index contributed by atoms with van der Waals surface area (Å²) in [6.07, 6.45) is 1.54. The van der Waals surface area contributed by atoms with Gasteiger partial charge in [0, 0.05) is 0 Å². The van der Waals surface area contributed by atoms with Crippen LogP contribution in [0.25, 0.3) is 0 Å². The number of nitrogens with one attached hydrogen (secondary N) is 1. The summed E-state index contributed by atoms with van der Waals surface area (Å²) in [5.74, 6) is -2.09. The van der Waals surface area contributed by atoms with Gasteiger partial charge in [0.2, 0.25) is 5.82 Å². The Morgan fingerprint density at radius 2 is 1.83 bits per heavy atom. The van der Waals surface area contributed by atoms with Crippen LogP contribution in [-0.2, 0) is 9.53 Å². The molecule has 0 aromatic heterocycles. The second-order valence-electron chi connectivity index (χ2n) is 6.17. The highest BCUT2D eigenvalue weighted by Gasteiger charge is 2.19.